The molecule has 27 heavy (non-hydrogen) atoms. The molecule has 1 atom stereocenters. The highest BCUT2D eigenvalue weighted by atomic mass is 32.1. The predicted octanol–water partition coefficient (Wildman–Crippen LogP) is 4.83. The number of H-pyrrole nitrogens is 1. The van der Waals surface area contributed by atoms with Gasteiger partial charge in [-0.25, -0.2) is 0 Å². The minimum absolute atomic E-state index is 0.645. The molecule has 0 radical (unpaired) electrons. The highest BCUT2D eigenvalue weighted by Gasteiger charge is 2.15. The monoisotopic (exact) mass is 392 g/mol. The lowest BCUT2D eigenvalue weighted by Gasteiger charge is -2.29. The first-order valence-electron chi connectivity index (χ1n) is 10.5. The van der Waals surface area contributed by atoms with Crippen LogP contribution in [-0.4, -0.2) is 57.5 Å². The number of nitrogens with one attached hydrogen (secondary N) is 1. The molecule has 2 rings (SSSR count). The maximum Gasteiger partial charge on any atom is 0.208 e. The van der Waals surface area contributed by atoms with Crippen molar-refractivity contribution in [3.8, 4) is 10.6 Å². The molecule has 0 saturated carbocycles. The summed E-state index contributed by atoms with van der Waals surface area (Å²) < 4.78 is 0. The van der Waals surface area contributed by atoms with Crippen LogP contribution in [0.2, 0.25) is 0 Å². The van der Waals surface area contributed by atoms with Crippen LogP contribution < -0.4 is 4.90 Å². The summed E-state index contributed by atoms with van der Waals surface area (Å²) in [6, 6.07) is 0.645. The molecule has 0 spiro atoms. The lowest BCUT2D eigenvalue weighted by atomic mass is 10.1. The maximum absolute atomic E-state index is 4.39. The Bertz CT molecular complexity index is 612. The molecule has 7 heteroatoms. The summed E-state index contributed by atoms with van der Waals surface area (Å²) in [6.45, 7) is 13.5. The van der Waals surface area contributed by atoms with Crippen molar-refractivity contribution in [3.05, 3.63) is 12.4 Å². The molecule has 1 unspecified atom stereocenters. The van der Waals surface area contributed by atoms with E-state index in [1.54, 1.807) is 17.5 Å². The average Bonchev–Trinajstić information content (AvgIpc) is 3.36. The maximum atomic E-state index is 4.39. The summed E-state index contributed by atoms with van der Waals surface area (Å²) in [6.07, 6.45) is 11.4. The summed E-state index contributed by atoms with van der Waals surface area (Å²) >= 11 is 1.64. The van der Waals surface area contributed by atoms with Gasteiger partial charge in [0.15, 0.2) is 5.01 Å². The topological polar surface area (TPSA) is 60.9 Å². The van der Waals surface area contributed by atoms with Gasteiger partial charge < -0.3 is 9.80 Å². The van der Waals surface area contributed by atoms with Crippen molar-refractivity contribution >= 4 is 16.5 Å². The number of aromatic amines is 1. The fourth-order valence-corrected chi connectivity index (χ4v) is 4.32. The number of unbranched alkanes of at least 4 members (excludes halogenated alkanes) is 3. The molecule has 6 nitrogen and oxygen atoms in total. The van der Waals surface area contributed by atoms with Crippen LogP contribution in [0, 0.1) is 0 Å². The first-order valence-corrected chi connectivity index (χ1v) is 11.3. The van der Waals surface area contributed by atoms with E-state index in [1.807, 2.05) is 6.20 Å². The normalized spacial score (nSPS) is 12.6. The summed E-state index contributed by atoms with van der Waals surface area (Å²) in [4.78, 5) is 4.97. The van der Waals surface area contributed by atoms with Crippen molar-refractivity contribution in [1.82, 2.24) is 25.3 Å². The molecule has 1 N–H and O–H groups in total. The van der Waals surface area contributed by atoms with Gasteiger partial charge in [0.05, 0.1) is 11.8 Å². The van der Waals surface area contributed by atoms with Gasteiger partial charge >= 0.3 is 0 Å². The highest BCUT2D eigenvalue weighted by molar-refractivity contribution is 7.18. The van der Waals surface area contributed by atoms with Crippen molar-refractivity contribution in [3.63, 3.8) is 0 Å². The molecule has 0 saturated heterocycles. The second-order valence-corrected chi connectivity index (χ2v) is 8.09. The van der Waals surface area contributed by atoms with Crippen molar-refractivity contribution in [2.24, 2.45) is 0 Å². The Balaban J connectivity index is 1.78. The van der Waals surface area contributed by atoms with Crippen LogP contribution in [0.3, 0.4) is 0 Å². The van der Waals surface area contributed by atoms with Crippen molar-refractivity contribution in [2.45, 2.75) is 72.3 Å². The van der Waals surface area contributed by atoms with Gasteiger partial charge in [-0.2, -0.15) is 5.10 Å². The molecule has 0 aliphatic rings. The highest BCUT2D eigenvalue weighted by Crippen LogP contribution is 2.28. The van der Waals surface area contributed by atoms with Gasteiger partial charge in [-0.15, -0.1) is 10.2 Å². The fourth-order valence-electron chi connectivity index (χ4n) is 3.41. The van der Waals surface area contributed by atoms with Crippen molar-refractivity contribution in [2.75, 3.05) is 31.1 Å². The lowest BCUT2D eigenvalue weighted by molar-refractivity contribution is 0.203. The molecule has 2 aromatic rings. The van der Waals surface area contributed by atoms with E-state index in [9.17, 15) is 0 Å². The van der Waals surface area contributed by atoms with Crippen LogP contribution >= 0.6 is 11.3 Å². The van der Waals surface area contributed by atoms with Crippen LogP contribution in [0.15, 0.2) is 12.4 Å². The molecule has 0 aromatic carbocycles. The second kappa shape index (κ2) is 12.1. The Morgan fingerprint density at radius 1 is 1.04 bits per heavy atom. The fraction of sp³-hybridized carbons (Fsp3) is 0.750. The van der Waals surface area contributed by atoms with Gasteiger partial charge in [-0.3, -0.25) is 5.10 Å². The molecular weight excluding hydrogens is 356 g/mol. The summed E-state index contributed by atoms with van der Waals surface area (Å²) in [5, 5.41) is 17.5. The lowest BCUT2D eigenvalue weighted by Crippen LogP contribution is -2.34. The molecular formula is C20H36N6S. The average molecular weight is 393 g/mol. The number of rotatable bonds is 14. The Morgan fingerprint density at radius 3 is 2.56 bits per heavy atom. The molecule has 0 bridgehead atoms. The molecule has 152 valence electrons. The first kappa shape index (κ1) is 21.8. The van der Waals surface area contributed by atoms with Crippen molar-refractivity contribution < 1.29 is 0 Å². The Labute approximate surface area is 168 Å². The van der Waals surface area contributed by atoms with Gasteiger partial charge in [0, 0.05) is 25.3 Å². The summed E-state index contributed by atoms with van der Waals surface area (Å²) in [7, 11) is 0. The predicted molar refractivity (Wildman–Crippen MR) is 115 cm³/mol. The van der Waals surface area contributed by atoms with E-state index in [0.717, 1.165) is 35.3 Å². The van der Waals surface area contributed by atoms with E-state index >= 15 is 0 Å². The van der Waals surface area contributed by atoms with Gasteiger partial charge in [0.25, 0.3) is 0 Å². The van der Waals surface area contributed by atoms with Crippen LogP contribution in [-0.2, 0) is 0 Å². The molecule has 0 aliphatic heterocycles. The SMILES string of the molecule is CCCCCCN(CC)C(C)CCCN(CC)c1nnc(-c2cn[nH]c2)s1. The molecule has 2 aromatic heterocycles. The third-order valence-corrected chi connectivity index (χ3v) is 6.22. The third kappa shape index (κ3) is 6.88. The number of hydrogen-bond donors (Lipinski definition) is 1. The number of nitrogens with zero attached hydrogens (tertiary/aromatic N) is 5. The Morgan fingerprint density at radius 2 is 1.89 bits per heavy atom. The van der Waals surface area contributed by atoms with E-state index in [2.05, 4.69) is 57.9 Å². The zero-order chi connectivity index (χ0) is 19.5. The number of aromatic nitrogens is 4. The quantitative estimate of drug-likeness (QED) is 0.467. The van der Waals surface area contributed by atoms with Crippen LogP contribution in [0.5, 0.6) is 0 Å². The van der Waals surface area contributed by atoms with Gasteiger partial charge in [-0.1, -0.05) is 44.4 Å². The largest absolute Gasteiger partial charge is 0.347 e. The van der Waals surface area contributed by atoms with Crippen LogP contribution in [0.25, 0.3) is 10.6 Å². The first-order chi connectivity index (χ1) is 13.2. The van der Waals surface area contributed by atoms with Gasteiger partial charge in [-0.05, 0) is 46.2 Å². The van der Waals surface area contributed by atoms with Crippen LogP contribution in [0.4, 0.5) is 5.13 Å². The molecule has 0 fully saturated rings. The van der Waals surface area contributed by atoms with E-state index in [0.29, 0.717) is 6.04 Å². The molecule has 0 aliphatic carbocycles. The minimum atomic E-state index is 0.645. The van der Waals surface area contributed by atoms with E-state index in [1.165, 1.54) is 45.1 Å². The number of anilines is 1. The summed E-state index contributed by atoms with van der Waals surface area (Å²) in [5.41, 5.74) is 1.00. The van der Waals surface area contributed by atoms with E-state index in [-0.39, 0.29) is 0 Å². The number of hydrogen-bond acceptors (Lipinski definition) is 6. The van der Waals surface area contributed by atoms with Gasteiger partial charge in [0.1, 0.15) is 0 Å². The second-order valence-electron chi connectivity index (χ2n) is 7.14. The smallest absolute Gasteiger partial charge is 0.208 e. The molecule has 2 heterocycles. The zero-order valence-electron chi connectivity index (χ0n) is 17.4. The van der Waals surface area contributed by atoms with Crippen molar-refractivity contribution in [1.29, 1.82) is 0 Å². The zero-order valence-corrected chi connectivity index (χ0v) is 18.3. The Hall–Kier alpha value is -1.47. The summed E-state index contributed by atoms with van der Waals surface area (Å²) in [5.74, 6) is 0. The standard InChI is InChI=1S/C20H36N6S/c1-5-8-9-10-13-25(6-2)17(4)12-11-14-26(7-3)20-24-23-19(27-20)18-15-21-22-16-18/h15-17H,5-14H2,1-4H3,(H,21,22). The Kier molecular flexibility index (Phi) is 9.77. The van der Waals surface area contributed by atoms with E-state index in [4.69, 9.17) is 0 Å². The third-order valence-electron chi connectivity index (χ3n) is 5.19. The van der Waals surface area contributed by atoms with Gasteiger partial charge in [0.2, 0.25) is 5.13 Å². The minimum Gasteiger partial charge on any atom is -0.347 e. The van der Waals surface area contributed by atoms with E-state index < -0.39 is 0 Å². The van der Waals surface area contributed by atoms with Crippen LogP contribution in [0.1, 0.15) is 66.2 Å². The molecule has 0 amide bonds.